The summed E-state index contributed by atoms with van der Waals surface area (Å²) in [5, 5.41) is 4.83. The number of ether oxygens (including phenoxy) is 1. The number of sulfonamides is 1. The van der Waals surface area contributed by atoms with Crippen LogP contribution in [0.2, 0.25) is 0 Å². The molecule has 1 fully saturated rings. The molecule has 0 aliphatic heterocycles. The minimum absolute atomic E-state index is 0.0562. The second-order valence-electron chi connectivity index (χ2n) is 3.70. The zero-order chi connectivity index (χ0) is 11.8. The Morgan fingerprint density at radius 2 is 2.19 bits per heavy atom. The second kappa shape index (κ2) is 4.00. The van der Waals surface area contributed by atoms with Crippen molar-refractivity contribution in [2.75, 3.05) is 0 Å². The van der Waals surface area contributed by atoms with Gasteiger partial charge in [0.05, 0.1) is 12.3 Å². The van der Waals surface area contributed by atoms with Gasteiger partial charge in [0.1, 0.15) is 5.75 Å². The summed E-state index contributed by atoms with van der Waals surface area (Å²) in [4.78, 5) is 3.78. The predicted molar refractivity (Wildman–Crippen MR) is 57.2 cm³/mol. The number of rotatable bonds is 4. The average Bonchev–Trinajstić information content (AvgIpc) is 3.00. The van der Waals surface area contributed by atoms with Crippen molar-refractivity contribution in [2.45, 2.75) is 30.5 Å². The lowest BCUT2D eigenvalue weighted by Gasteiger charge is -2.08. The van der Waals surface area contributed by atoms with Gasteiger partial charge in [-0.05, 0) is 18.9 Å². The lowest BCUT2D eigenvalue weighted by Crippen LogP contribution is -2.18. The number of pyridine rings is 1. The van der Waals surface area contributed by atoms with E-state index in [1.165, 1.54) is 6.20 Å². The third kappa shape index (κ3) is 2.49. The van der Waals surface area contributed by atoms with E-state index in [0.29, 0.717) is 11.3 Å². The molecule has 6 nitrogen and oxygen atoms in total. The molecule has 16 heavy (non-hydrogen) atoms. The van der Waals surface area contributed by atoms with Gasteiger partial charge in [-0.15, -0.1) is 0 Å². The number of hydrogen-bond donors (Lipinski definition) is 2. The Balaban J connectivity index is 2.34. The fourth-order valence-corrected chi connectivity index (χ4v) is 2.03. The summed E-state index contributed by atoms with van der Waals surface area (Å²) in [5.41, 5.74) is 5.82. The van der Waals surface area contributed by atoms with Gasteiger partial charge in [-0.1, -0.05) is 0 Å². The molecule has 1 heterocycles. The van der Waals surface area contributed by atoms with Gasteiger partial charge in [0.2, 0.25) is 0 Å². The molecule has 0 saturated heterocycles. The van der Waals surface area contributed by atoms with E-state index in [-0.39, 0.29) is 17.7 Å². The molecular formula is C9H13N3O3S. The molecule has 0 amide bonds. The standard InChI is InChI=1S/C9H13N3O3S/c10-4-6-3-8(15-7-1-2-7)5-12-9(6)16(11,13)14/h3,5,7H,1-2,4,10H2,(H2,11,13,14). The van der Waals surface area contributed by atoms with Crippen molar-refractivity contribution in [3.8, 4) is 5.75 Å². The first-order valence-electron chi connectivity index (χ1n) is 4.89. The third-order valence-electron chi connectivity index (χ3n) is 2.22. The molecule has 1 aromatic rings. The molecule has 0 spiro atoms. The first-order valence-corrected chi connectivity index (χ1v) is 6.44. The predicted octanol–water partition coefficient (Wildman–Crippen LogP) is -0.271. The van der Waals surface area contributed by atoms with Crippen LogP contribution >= 0.6 is 0 Å². The number of aromatic nitrogens is 1. The van der Waals surface area contributed by atoms with Crippen molar-refractivity contribution >= 4 is 10.0 Å². The van der Waals surface area contributed by atoms with Crippen molar-refractivity contribution in [1.29, 1.82) is 0 Å². The van der Waals surface area contributed by atoms with Crippen molar-refractivity contribution in [2.24, 2.45) is 10.9 Å². The maximum Gasteiger partial charge on any atom is 0.255 e. The molecule has 1 aromatic heterocycles. The molecular weight excluding hydrogens is 230 g/mol. The largest absolute Gasteiger partial charge is 0.489 e. The van der Waals surface area contributed by atoms with Crippen molar-refractivity contribution in [3.05, 3.63) is 17.8 Å². The minimum atomic E-state index is -3.82. The number of hydrogen-bond acceptors (Lipinski definition) is 5. The highest BCUT2D eigenvalue weighted by atomic mass is 32.2. The summed E-state index contributed by atoms with van der Waals surface area (Å²) in [6.07, 6.45) is 3.63. The van der Waals surface area contributed by atoms with Crippen molar-refractivity contribution in [1.82, 2.24) is 4.98 Å². The molecule has 0 atom stereocenters. The van der Waals surface area contributed by atoms with Crippen LogP contribution in [-0.2, 0) is 16.6 Å². The molecule has 4 N–H and O–H groups in total. The highest BCUT2D eigenvalue weighted by molar-refractivity contribution is 7.89. The van der Waals surface area contributed by atoms with Gasteiger partial charge in [-0.25, -0.2) is 18.5 Å². The summed E-state index contributed by atoms with van der Waals surface area (Å²) in [6.45, 7) is 0.0562. The van der Waals surface area contributed by atoms with E-state index in [9.17, 15) is 8.42 Å². The van der Waals surface area contributed by atoms with E-state index in [0.717, 1.165) is 12.8 Å². The molecule has 1 aliphatic rings. The van der Waals surface area contributed by atoms with Gasteiger partial charge in [-0.2, -0.15) is 0 Å². The normalized spacial score (nSPS) is 16.1. The smallest absolute Gasteiger partial charge is 0.255 e. The van der Waals surface area contributed by atoms with Crippen LogP contribution in [0.25, 0.3) is 0 Å². The van der Waals surface area contributed by atoms with Crippen LogP contribution in [0.5, 0.6) is 5.75 Å². The second-order valence-corrected chi connectivity index (χ2v) is 5.18. The van der Waals surface area contributed by atoms with E-state index in [4.69, 9.17) is 15.6 Å². The van der Waals surface area contributed by atoms with Gasteiger partial charge in [0.25, 0.3) is 10.0 Å². The molecule has 2 rings (SSSR count). The van der Waals surface area contributed by atoms with Crippen LogP contribution in [0.3, 0.4) is 0 Å². The molecule has 1 saturated carbocycles. The van der Waals surface area contributed by atoms with Crippen LogP contribution < -0.4 is 15.6 Å². The number of nitrogens with zero attached hydrogens (tertiary/aromatic N) is 1. The minimum Gasteiger partial charge on any atom is -0.489 e. The average molecular weight is 243 g/mol. The Hall–Kier alpha value is -1.18. The maximum atomic E-state index is 11.2. The molecule has 1 aliphatic carbocycles. The highest BCUT2D eigenvalue weighted by Crippen LogP contribution is 2.27. The molecule has 88 valence electrons. The molecule has 7 heteroatoms. The molecule has 0 aromatic carbocycles. The van der Waals surface area contributed by atoms with Crippen LogP contribution in [0.15, 0.2) is 17.3 Å². The fourth-order valence-electron chi connectivity index (χ4n) is 1.32. The Bertz CT molecular complexity index is 497. The zero-order valence-electron chi connectivity index (χ0n) is 8.59. The Kier molecular flexibility index (Phi) is 2.83. The zero-order valence-corrected chi connectivity index (χ0v) is 9.40. The first-order chi connectivity index (χ1) is 7.50. The van der Waals surface area contributed by atoms with Gasteiger partial charge < -0.3 is 10.5 Å². The molecule has 0 radical (unpaired) electrons. The van der Waals surface area contributed by atoms with E-state index >= 15 is 0 Å². The van der Waals surface area contributed by atoms with Gasteiger partial charge in [0.15, 0.2) is 5.03 Å². The van der Waals surface area contributed by atoms with Crippen LogP contribution in [0, 0.1) is 0 Å². The van der Waals surface area contributed by atoms with Gasteiger partial charge in [-0.3, -0.25) is 0 Å². The SMILES string of the molecule is NCc1cc(OC2CC2)cnc1S(N)(=O)=O. The number of nitrogens with two attached hydrogens (primary N) is 2. The summed E-state index contributed by atoms with van der Waals surface area (Å²) in [5.74, 6) is 0.537. The summed E-state index contributed by atoms with van der Waals surface area (Å²) in [6, 6.07) is 1.57. The van der Waals surface area contributed by atoms with Crippen molar-refractivity contribution in [3.63, 3.8) is 0 Å². The van der Waals surface area contributed by atoms with Crippen LogP contribution in [0.4, 0.5) is 0 Å². The summed E-state index contributed by atoms with van der Waals surface area (Å²) in [7, 11) is -3.82. The summed E-state index contributed by atoms with van der Waals surface area (Å²) < 4.78 is 27.8. The quantitative estimate of drug-likeness (QED) is 0.756. The van der Waals surface area contributed by atoms with E-state index < -0.39 is 10.0 Å². The molecule has 0 bridgehead atoms. The topological polar surface area (TPSA) is 108 Å². The molecule has 0 unspecified atom stereocenters. The Labute approximate surface area is 93.7 Å². The first kappa shape index (κ1) is 11.3. The summed E-state index contributed by atoms with van der Waals surface area (Å²) >= 11 is 0. The number of primary sulfonamides is 1. The van der Waals surface area contributed by atoms with E-state index in [1.807, 2.05) is 0 Å². The van der Waals surface area contributed by atoms with Crippen LogP contribution in [-0.4, -0.2) is 19.5 Å². The Morgan fingerprint density at radius 1 is 1.50 bits per heavy atom. The van der Waals surface area contributed by atoms with Gasteiger partial charge >= 0.3 is 0 Å². The van der Waals surface area contributed by atoms with Crippen molar-refractivity contribution < 1.29 is 13.2 Å². The third-order valence-corrected chi connectivity index (χ3v) is 3.12. The van der Waals surface area contributed by atoms with E-state index in [1.54, 1.807) is 6.07 Å². The lowest BCUT2D eigenvalue weighted by molar-refractivity contribution is 0.301. The van der Waals surface area contributed by atoms with Crippen LogP contribution in [0.1, 0.15) is 18.4 Å². The van der Waals surface area contributed by atoms with E-state index in [2.05, 4.69) is 4.98 Å². The highest BCUT2D eigenvalue weighted by Gasteiger charge is 2.24. The maximum absolute atomic E-state index is 11.2. The lowest BCUT2D eigenvalue weighted by atomic mass is 10.3. The Morgan fingerprint density at radius 3 is 2.69 bits per heavy atom. The monoisotopic (exact) mass is 243 g/mol. The fraction of sp³-hybridized carbons (Fsp3) is 0.444. The van der Waals surface area contributed by atoms with Gasteiger partial charge in [0, 0.05) is 12.1 Å².